The lowest BCUT2D eigenvalue weighted by atomic mass is 10.1. The van der Waals surface area contributed by atoms with Crippen molar-refractivity contribution in [1.29, 1.82) is 0 Å². The molecule has 3 heteroatoms. The standard InChI is InChI=1S/C16H25N3/c1-13(2)12-19(15-10-6-7-11-15)16(17)18-14-8-4-3-5-9-14/h3-5,8-9,13,15H,6-7,10-12H2,1-2H3,(H2,17,18). The summed E-state index contributed by atoms with van der Waals surface area (Å²) < 4.78 is 0. The van der Waals surface area contributed by atoms with Crippen molar-refractivity contribution in [3.63, 3.8) is 0 Å². The Morgan fingerprint density at radius 3 is 2.47 bits per heavy atom. The van der Waals surface area contributed by atoms with Gasteiger partial charge in [-0.05, 0) is 30.9 Å². The smallest absolute Gasteiger partial charge is 0.196 e. The van der Waals surface area contributed by atoms with Crippen LogP contribution in [0.3, 0.4) is 0 Å². The van der Waals surface area contributed by atoms with E-state index in [2.05, 4.69) is 23.7 Å². The largest absolute Gasteiger partial charge is 0.369 e. The third-order valence-corrected chi connectivity index (χ3v) is 3.62. The number of guanidine groups is 1. The first-order valence-electron chi connectivity index (χ1n) is 7.32. The molecule has 2 N–H and O–H groups in total. The molecule has 0 bridgehead atoms. The zero-order valence-electron chi connectivity index (χ0n) is 12.0. The third-order valence-electron chi connectivity index (χ3n) is 3.62. The van der Waals surface area contributed by atoms with Crippen molar-refractivity contribution in [2.24, 2.45) is 16.6 Å². The monoisotopic (exact) mass is 259 g/mol. The van der Waals surface area contributed by atoms with E-state index in [1.165, 1.54) is 25.7 Å². The number of nitrogens with two attached hydrogens (primary N) is 1. The van der Waals surface area contributed by atoms with Crippen molar-refractivity contribution in [2.45, 2.75) is 45.6 Å². The first-order valence-corrected chi connectivity index (χ1v) is 7.32. The van der Waals surface area contributed by atoms with Crippen LogP contribution in [0.2, 0.25) is 0 Å². The van der Waals surface area contributed by atoms with Gasteiger partial charge >= 0.3 is 0 Å². The van der Waals surface area contributed by atoms with Crippen molar-refractivity contribution >= 4 is 11.6 Å². The summed E-state index contributed by atoms with van der Waals surface area (Å²) in [5.74, 6) is 1.27. The molecule has 3 nitrogen and oxygen atoms in total. The Balaban J connectivity index is 2.14. The van der Waals surface area contributed by atoms with E-state index in [-0.39, 0.29) is 0 Å². The van der Waals surface area contributed by atoms with Crippen LogP contribution < -0.4 is 5.73 Å². The summed E-state index contributed by atoms with van der Waals surface area (Å²) in [5.41, 5.74) is 7.19. The number of para-hydroxylation sites is 1. The number of hydrogen-bond acceptors (Lipinski definition) is 1. The Morgan fingerprint density at radius 1 is 1.26 bits per heavy atom. The van der Waals surface area contributed by atoms with Crippen LogP contribution in [0, 0.1) is 5.92 Å². The van der Waals surface area contributed by atoms with Gasteiger partial charge < -0.3 is 10.6 Å². The van der Waals surface area contributed by atoms with E-state index < -0.39 is 0 Å². The molecule has 1 aliphatic rings. The van der Waals surface area contributed by atoms with Crippen LogP contribution in [0.15, 0.2) is 35.3 Å². The number of rotatable bonds is 4. The highest BCUT2D eigenvalue weighted by Crippen LogP contribution is 2.24. The van der Waals surface area contributed by atoms with Crippen molar-refractivity contribution in [3.8, 4) is 0 Å². The molecule has 1 aromatic rings. The van der Waals surface area contributed by atoms with Gasteiger partial charge in [0, 0.05) is 12.6 Å². The maximum Gasteiger partial charge on any atom is 0.196 e. The lowest BCUT2D eigenvalue weighted by molar-refractivity contribution is 0.280. The van der Waals surface area contributed by atoms with E-state index in [0.29, 0.717) is 17.9 Å². The number of nitrogens with zero attached hydrogens (tertiary/aromatic N) is 2. The first-order chi connectivity index (χ1) is 9.16. The fourth-order valence-electron chi connectivity index (χ4n) is 2.74. The molecule has 19 heavy (non-hydrogen) atoms. The molecular formula is C16H25N3. The second-order valence-corrected chi connectivity index (χ2v) is 5.79. The van der Waals surface area contributed by atoms with E-state index in [0.717, 1.165) is 12.2 Å². The van der Waals surface area contributed by atoms with E-state index in [9.17, 15) is 0 Å². The molecule has 1 aliphatic carbocycles. The first kappa shape index (κ1) is 13.9. The summed E-state index contributed by atoms with van der Waals surface area (Å²) in [7, 11) is 0. The predicted molar refractivity (Wildman–Crippen MR) is 81.5 cm³/mol. The van der Waals surface area contributed by atoms with Gasteiger partial charge in [-0.15, -0.1) is 0 Å². The van der Waals surface area contributed by atoms with E-state index in [1.54, 1.807) is 0 Å². The fraction of sp³-hybridized carbons (Fsp3) is 0.562. The Labute approximate surface area is 116 Å². The molecule has 2 rings (SSSR count). The SMILES string of the molecule is CC(C)CN(C(N)=Nc1ccccc1)C1CCCC1. The molecule has 0 spiro atoms. The lowest BCUT2D eigenvalue weighted by Crippen LogP contribution is -2.45. The van der Waals surface area contributed by atoms with Gasteiger partial charge in [0.05, 0.1) is 5.69 Å². The van der Waals surface area contributed by atoms with Crippen LogP contribution in [0.5, 0.6) is 0 Å². The highest BCUT2D eigenvalue weighted by Gasteiger charge is 2.24. The van der Waals surface area contributed by atoms with Crippen LogP contribution in [0.25, 0.3) is 0 Å². The highest BCUT2D eigenvalue weighted by molar-refractivity contribution is 5.81. The van der Waals surface area contributed by atoms with E-state index in [1.807, 2.05) is 30.3 Å². The molecule has 0 heterocycles. The minimum atomic E-state index is 0.579. The number of aliphatic imine (C=N–C) groups is 1. The number of hydrogen-bond donors (Lipinski definition) is 1. The molecule has 0 amide bonds. The molecule has 1 fully saturated rings. The van der Waals surface area contributed by atoms with Gasteiger partial charge in [0.2, 0.25) is 0 Å². The molecule has 1 aromatic carbocycles. The van der Waals surface area contributed by atoms with Gasteiger partial charge in [0.25, 0.3) is 0 Å². The minimum Gasteiger partial charge on any atom is -0.369 e. The van der Waals surface area contributed by atoms with Crippen molar-refractivity contribution in [2.75, 3.05) is 6.54 Å². The summed E-state index contributed by atoms with van der Waals surface area (Å²) in [6.45, 7) is 5.46. The molecular weight excluding hydrogens is 234 g/mol. The Bertz CT molecular complexity index is 405. The maximum absolute atomic E-state index is 6.25. The zero-order valence-corrected chi connectivity index (χ0v) is 12.0. The minimum absolute atomic E-state index is 0.579. The van der Waals surface area contributed by atoms with Crippen LogP contribution >= 0.6 is 0 Å². The normalized spacial score (nSPS) is 17.1. The second-order valence-electron chi connectivity index (χ2n) is 5.79. The third kappa shape index (κ3) is 3.98. The maximum atomic E-state index is 6.25. The highest BCUT2D eigenvalue weighted by atomic mass is 15.3. The van der Waals surface area contributed by atoms with Crippen molar-refractivity contribution in [1.82, 2.24) is 4.90 Å². The average Bonchev–Trinajstić information content (AvgIpc) is 2.90. The molecule has 0 unspecified atom stereocenters. The topological polar surface area (TPSA) is 41.6 Å². The molecule has 1 saturated carbocycles. The van der Waals surface area contributed by atoms with Gasteiger partial charge in [-0.3, -0.25) is 0 Å². The van der Waals surface area contributed by atoms with Crippen LogP contribution in [0.1, 0.15) is 39.5 Å². The van der Waals surface area contributed by atoms with Gasteiger partial charge in [-0.1, -0.05) is 44.9 Å². The summed E-state index contributed by atoms with van der Waals surface area (Å²) in [4.78, 5) is 6.89. The molecule has 0 saturated heterocycles. The van der Waals surface area contributed by atoms with Gasteiger partial charge in [-0.25, -0.2) is 4.99 Å². The molecule has 104 valence electrons. The second kappa shape index (κ2) is 6.60. The quantitative estimate of drug-likeness (QED) is 0.664. The average molecular weight is 259 g/mol. The van der Waals surface area contributed by atoms with Gasteiger partial charge in [0.1, 0.15) is 0 Å². The summed E-state index contributed by atoms with van der Waals surface area (Å²) in [6.07, 6.45) is 5.13. The number of benzene rings is 1. The van der Waals surface area contributed by atoms with Crippen molar-refractivity contribution in [3.05, 3.63) is 30.3 Å². The molecule has 0 aliphatic heterocycles. The Kier molecular flexibility index (Phi) is 4.83. The fourth-order valence-corrected chi connectivity index (χ4v) is 2.74. The summed E-state index contributed by atoms with van der Waals surface area (Å²) in [6, 6.07) is 10.6. The van der Waals surface area contributed by atoms with E-state index >= 15 is 0 Å². The zero-order chi connectivity index (χ0) is 13.7. The molecule has 0 radical (unpaired) electrons. The van der Waals surface area contributed by atoms with Crippen LogP contribution in [-0.4, -0.2) is 23.4 Å². The van der Waals surface area contributed by atoms with Gasteiger partial charge in [-0.2, -0.15) is 0 Å². The van der Waals surface area contributed by atoms with Crippen LogP contribution in [0.4, 0.5) is 5.69 Å². The Morgan fingerprint density at radius 2 is 1.89 bits per heavy atom. The predicted octanol–water partition coefficient (Wildman–Crippen LogP) is 3.53. The van der Waals surface area contributed by atoms with Crippen LogP contribution in [-0.2, 0) is 0 Å². The lowest BCUT2D eigenvalue weighted by Gasteiger charge is -2.31. The Hall–Kier alpha value is -1.51. The van der Waals surface area contributed by atoms with E-state index in [4.69, 9.17) is 5.73 Å². The molecule has 0 aromatic heterocycles. The molecule has 0 atom stereocenters. The summed E-state index contributed by atoms with van der Waals surface area (Å²) >= 11 is 0. The van der Waals surface area contributed by atoms with Gasteiger partial charge in [0.15, 0.2) is 5.96 Å². The van der Waals surface area contributed by atoms with Crippen molar-refractivity contribution < 1.29 is 0 Å². The summed E-state index contributed by atoms with van der Waals surface area (Å²) in [5, 5.41) is 0.